The van der Waals surface area contributed by atoms with Crippen LogP contribution in [0.3, 0.4) is 0 Å². The number of para-hydroxylation sites is 1. The molecule has 36 heavy (non-hydrogen) atoms. The molecule has 0 saturated heterocycles. The topological polar surface area (TPSA) is 78.0 Å². The molecule has 0 radical (unpaired) electrons. The van der Waals surface area contributed by atoms with E-state index in [1.807, 2.05) is 30.3 Å². The number of nitrogens with one attached hydrogen (secondary N) is 2. The molecule has 0 aliphatic heterocycles. The number of nitrogens with zero attached hydrogens (tertiary/aromatic N) is 1. The molecule has 1 aromatic heterocycles. The maximum atomic E-state index is 13.7. The molecule has 4 aromatic carbocycles. The lowest BCUT2D eigenvalue weighted by Crippen LogP contribution is -2.41. The van der Waals surface area contributed by atoms with Gasteiger partial charge in [0.1, 0.15) is 5.82 Å². The number of anilines is 1. The monoisotopic (exact) mass is 475 g/mol. The lowest BCUT2D eigenvalue weighted by molar-refractivity contribution is -0.131. The second kappa shape index (κ2) is 8.59. The van der Waals surface area contributed by atoms with Crippen LogP contribution in [0.5, 0.6) is 0 Å². The van der Waals surface area contributed by atoms with Gasteiger partial charge in [-0.1, -0.05) is 78.9 Å². The zero-order valence-electron chi connectivity index (χ0n) is 19.2. The second-order valence-electron chi connectivity index (χ2n) is 8.87. The normalized spacial score (nSPS) is 13.5. The van der Waals surface area contributed by atoms with Gasteiger partial charge in [-0.15, -0.1) is 0 Å². The third-order valence-corrected chi connectivity index (χ3v) is 6.72. The lowest BCUT2D eigenvalue weighted by Gasteiger charge is -2.28. The fourth-order valence-corrected chi connectivity index (χ4v) is 4.84. The van der Waals surface area contributed by atoms with Gasteiger partial charge in [0.25, 0.3) is 5.91 Å². The van der Waals surface area contributed by atoms with Crippen LogP contribution >= 0.6 is 0 Å². The summed E-state index contributed by atoms with van der Waals surface area (Å²) in [7, 11) is 0. The van der Waals surface area contributed by atoms with Crippen molar-refractivity contribution in [2.75, 3.05) is 5.32 Å². The van der Waals surface area contributed by atoms with Crippen molar-refractivity contribution in [3.8, 4) is 22.5 Å². The number of carbonyl (C=O) groups is 1. The molecule has 0 saturated carbocycles. The Kier molecular flexibility index (Phi) is 5.24. The first-order chi connectivity index (χ1) is 17.5. The lowest BCUT2D eigenvalue weighted by atomic mass is 9.84. The Labute approximate surface area is 207 Å². The number of fused-ring (bicyclic) bond motifs is 3. The molecule has 6 heteroatoms. The van der Waals surface area contributed by atoms with E-state index < -0.39 is 17.3 Å². The van der Waals surface area contributed by atoms with Gasteiger partial charge >= 0.3 is 0 Å². The maximum Gasteiger partial charge on any atom is 0.265 e. The summed E-state index contributed by atoms with van der Waals surface area (Å²) in [6.07, 6.45) is 0.790. The summed E-state index contributed by atoms with van der Waals surface area (Å²) in [6, 6.07) is 29.6. The van der Waals surface area contributed by atoms with Crippen LogP contribution in [0.2, 0.25) is 0 Å². The number of hydrogen-bond acceptors (Lipinski definition) is 3. The highest BCUT2D eigenvalue weighted by molar-refractivity contribution is 6.00. The van der Waals surface area contributed by atoms with Crippen molar-refractivity contribution in [1.29, 1.82) is 0 Å². The number of hydrogen-bond donors (Lipinski definition) is 3. The van der Waals surface area contributed by atoms with Crippen LogP contribution in [0.25, 0.3) is 22.5 Å². The van der Waals surface area contributed by atoms with Crippen LogP contribution < -0.4 is 5.32 Å². The smallest absolute Gasteiger partial charge is 0.265 e. The Balaban J connectivity index is 1.37. The average molecular weight is 476 g/mol. The van der Waals surface area contributed by atoms with E-state index in [1.54, 1.807) is 36.4 Å². The van der Waals surface area contributed by atoms with Crippen molar-refractivity contribution in [2.45, 2.75) is 12.0 Å². The number of H-pyrrole nitrogens is 1. The summed E-state index contributed by atoms with van der Waals surface area (Å²) in [5.74, 6) is -1.09. The summed E-state index contributed by atoms with van der Waals surface area (Å²) in [5, 5.41) is 22.3. The van der Waals surface area contributed by atoms with E-state index in [0.29, 0.717) is 11.3 Å². The summed E-state index contributed by atoms with van der Waals surface area (Å²) in [4.78, 5) is 13.4. The molecular weight excluding hydrogens is 453 g/mol. The summed E-state index contributed by atoms with van der Waals surface area (Å²) in [6.45, 7) is 0. The molecule has 1 aliphatic rings. The molecule has 0 fully saturated rings. The molecule has 5 nitrogen and oxygen atoms in total. The maximum absolute atomic E-state index is 13.7. The Bertz CT molecular complexity index is 1560. The largest absolute Gasteiger partial charge is 0.372 e. The molecular formula is C30H22FN3O2. The zero-order valence-corrected chi connectivity index (χ0v) is 19.2. The van der Waals surface area contributed by atoms with Crippen LogP contribution in [-0.4, -0.2) is 21.2 Å². The first-order valence-corrected chi connectivity index (χ1v) is 11.7. The second-order valence-corrected chi connectivity index (χ2v) is 8.87. The Hall–Kier alpha value is -4.55. The van der Waals surface area contributed by atoms with Crippen molar-refractivity contribution in [3.63, 3.8) is 0 Å². The average Bonchev–Trinajstić information content (AvgIpc) is 3.49. The molecule has 0 bridgehead atoms. The van der Waals surface area contributed by atoms with Crippen LogP contribution in [0.4, 0.5) is 10.1 Å². The third-order valence-electron chi connectivity index (χ3n) is 6.72. The highest BCUT2D eigenvalue weighted by Crippen LogP contribution is 2.40. The van der Waals surface area contributed by atoms with E-state index >= 15 is 0 Å². The van der Waals surface area contributed by atoms with Gasteiger partial charge < -0.3 is 10.4 Å². The van der Waals surface area contributed by atoms with Gasteiger partial charge in [0.15, 0.2) is 5.60 Å². The van der Waals surface area contributed by atoms with Gasteiger partial charge in [-0.05, 0) is 41.0 Å². The van der Waals surface area contributed by atoms with Crippen molar-refractivity contribution < 1.29 is 14.3 Å². The Morgan fingerprint density at radius 3 is 2.22 bits per heavy atom. The fraction of sp³-hybridized carbons (Fsp3) is 0.0667. The van der Waals surface area contributed by atoms with E-state index in [4.69, 9.17) is 0 Å². The van der Waals surface area contributed by atoms with Gasteiger partial charge in [-0.3, -0.25) is 9.89 Å². The number of rotatable bonds is 5. The Morgan fingerprint density at radius 2 is 1.50 bits per heavy atom. The van der Waals surface area contributed by atoms with E-state index in [1.165, 1.54) is 29.8 Å². The minimum atomic E-state index is -2.04. The number of aliphatic hydroxyl groups is 1. The van der Waals surface area contributed by atoms with Crippen molar-refractivity contribution in [3.05, 3.63) is 131 Å². The zero-order chi connectivity index (χ0) is 24.7. The van der Waals surface area contributed by atoms with Crippen LogP contribution in [0.15, 0.2) is 103 Å². The fourth-order valence-electron chi connectivity index (χ4n) is 4.84. The third kappa shape index (κ3) is 3.59. The standard InChI is InChI=1S/C30H22FN3O2/c31-23-16-14-22(15-17-23)30(36,29(35)32-24-7-2-1-3-8-24)21-12-10-19(11-13-21)27-26-18-20-6-4-5-9-25(20)28(26)34-33-27/h1-17,36H,18H2,(H,32,35)(H,33,34). The predicted molar refractivity (Wildman–Crippen MR) is 137 cm³/mol. The van der Waals surface area contributed by atoms with Crippen molar-refractivity contribution in [1.82, 2.24) is 10.2 Å². The van der Waals surface area contributed by atoms with Crippen LogP contribution in [-0.2, 0) is 16.8 Å². The van der Waals surface area contributed by atoms with E-state index in [-0.39, 0.29) is 5.56 Å². The molecule has 3 N–H and O–H groups in total. The van der Waals surface area contributed by atoms with Gasteiger partial charge in [0, 0.05) is 28.8 Å². The van der Waals surface area contributed by atoms with Crippen molar-refractivity contribution in [2.24, 2.45) is 0 Å². The number of aromatic nitrogens is 2. The van der Waals surface area contributed by atoms with E-state index in [2.05, 4.69) is 27.6 Å². The number of halogens is 1. The molecule has 0 spiro atoms. The highest BCUT2D eigenvalue weighted by atomic mass is 19.1. The van der Waals surface area contributed by atoms with Crippen LogP contribution in [0, 0.1) is 5.82 Å². The highest BCUT2D eigenvalue weighted by Gasteiger charge is 2.40. The molecule has 176 valence electrons. The molecule has 1 heterocycles. The minimum Gasteiger partial charge on any atom is -0.372 e. The number of amides is 1. The summed E-state index contributed by atoms with van der Waals surface area (Å²) < 4.78 is 13.7. The molecule has 1 amide bonds. The number of carbonyl (C=O) groups excluding carboxylic acids is 1. The Morgan fingerprint density at radius 1 is 0.861 bits per heavy atom. The van der Waals surface area contributed by atoms with E-state index in [9.17, 15) is 14.3 Å². The molecule has 1 atom stereocenters. The van der Waals surface area contributed by atoms with Gasteiger partial charge in [0.2, 0.25) is 0 Å². The van der Waals surface area contributed by atoms with Gasteiger partial charge in [-0.25, -0.2) is 4.39 Å². The number of aromatic amines is 1. The molecule has 5 aromatic rings. The van der Waals surface area contributed by atoms with Crippen molar-refractivity contribution >= 4 is 11.6 Å². The minimum absolute atomic E-state index is 0.265. The van der Waals surface area contributed by atoms with Gasteiger partial charge in [0.05, 0.1) is 11.4 Å². The SMILES string of the molecule is O=C(Nc1ccccc1)C(O)(c1ccc(F)cc1)c1ccc(-c2n[nH]c3c2Cc2ccccc2-3)cc1. The van der Waals surface area contributed by atoms with E-state index in [0.717, 1.165) is 34.5 Å². The number of benzene rings is 4. The predicted octanol–water partition coefficient (Wildman–Crippen LogP) is 5.66. The quantitative estimate of drug-likeness (QED) is 0.301. The van der Waals surface area contributed by atoms with Gasteiger partial charge in [-0.2, -0.15) is 5.10 Å². The molecule has 1 unspecified atom stereocenters. The molecule has 1 aliphatic carbocycles. The molecule has 6 rings (SSSR count). The first kappa shape index (κ1) is 21.9. The summed E-state index contributed by atoms with van der Waals surface area (Å²) >= 11 is 0. The summed E-state index contributed by atoms with van der Waals surface area (Å²) in [5.41, 5.74) is 5.41. The first-order valence-electron chi connectivity index (χ1n) is 11.7. The van der Waals surface area contributed by atoms with Crippen LogP contribution in [0.1, 0.15) is 22.3 Å².